The van der Waals surface area contributed by atoms with Gasteiger partial charge in [0.1, 0.15) is 18.1 Å². The molecule has 0 spiro atoms. The van der Waals surface area contributed by atoms with Crippen LogP contribution in [-0.4, -0.2) is 86.2 Å². The Balaban J connectivity index is 2.11. The molecule has 35 heavy (non-hydrogen) atoms. The van der Waals surface area contributed by atoms with Gasteiger partial charge >= 0.3 is 5.97 Å². The van der Waals surface area contributed by atoms with Crippen LogP contribution in [0.2, 0.25) is 0 Å². The average Bonchev–Trinajstić information content (AvgIpc) is 3.46. The Bertz CT molecular complexity index is 951. The molecule has 0 aliphatic carbocycles. The summed E-state index contributed by atoms with van der Waals surface area (Å²) in [6.07, 6.45) is 2.59. The zero-order valence-electron chi connectivity index (χ0n) is 18.9. The first kappa shape index (κ1) is 27.2. The monoisotopic (exact) mass is 494 g/mol. The normalized spacial score (nSPS) is 17.7. The minimum Gasteiger partial charge on any atom is -0.480 e. The maximum Gasteiger partial charge on any atom is 0.326 e. The van der Waals surface area contributed by atoms with Crippen molar-refractivity contribution in [3.05, 3.63) is 18.2 Å². The SMILES string of the molecule is NC(=O)CCC(NC(=O)C1CCCN1C(=O)C(N)CC(N)=O)C(=O)NC(Cc1cnc[nH]1)C(=O)O. The van der Waals surface area contributed by atoms with Crippen LogP contribution >= 0.6 is 0 Å². The first-order valence-corrected chi connectivity index (χ1v) is 10.9. The predicted molar refractivity (Wildman–Crippen MR) is 119 cm³/mol. The lowest BCUT2D eigenvalue weighted by molar-refractivity contribution is -0.143. The molecule has 15 heteroatoms. The average molecular weight is 495 g/mol. The van der Waals surface area contributed by atoms with E-state index in [1.807, 2.05) is 0 Å². The first-order chi connectivity index (χ1) is 16.5. The molecule has 5 amide bonds. The summed E-state index contributed by atoms with van der Waals surface area (Å²) in [5, 5.41) is 14.3. The maximum absolute atomic E-state index is 13.0. The number of carboxylic acid groups (broad SMARTS) is 1. The van der Waals surface area contributed by atoms with Gasteiger partial charge in [-0.1, -0.05) is 0 Å². The Morgan fingerprint density at radius 1 is 1.14 bits per heavy atom. The van der Waals surface area contributed by atoms with E-state index in [0.717, 1.165) is 0 Å². The van der Waals surface area contributed by atoms with E-state index >= 15 is 0 Å². The van der Waals surface area contributed by atoms with Gasteiger partial charge in [-0.2, -0.15) is 0 Å². The van der Waals surface area contributed by atoms with Crippen LogP contribution in [0.15, 0.2) is 12.5 Å². The molecular weight excluding hydrogens is 464 g/mol. The van der Waals surface area contributed by atoms with E-state index in [0.29, 0.717) is 12.1 Å². The number of hydrogen-bond donors (Lipinski definition) is 7. The summed E-state index contributed by atoms with van der Waals surface area (Å²) in [5.74, 6) is -4.97. The number of likely N-dealkylation sites (tertiary alicyclic amines) is 1. The Kier molecular flexibility index (Phi) is 9.69. The van der Waals surface area contributed by atoms with Gasteiger partial charge in [0.2, 0.25) is 29.5 Å². The second kappa shape index (κ2) is 12.5. The summed E-state index contributed by atoms with van der Waals surface area (Å²) >= 11 is 0. The zero-order valence-corrected chi connectivity index (χ0v) is 18.9. The van der Waals surface area contributed by atoms with Crippen LogP contribution < -0.4 is 27.8 Å². The number of aromatic nitrogens is 2. The molecule has 2 rings (SSSR count). The van der Waals surface area contributed by atoms with E-state index in [-0.39, 0.29) is 38.6 Å². The second-order valence-electron chi connectivity index (χ2n) is 8.21. The molecule has 1 saturated heterocycles. The number of nitrogens with one attached hydrogen (secondary N) is 3. The predicted octanol–water partition coefficient (Wildman–Crippen LogP) is -3.53. The summed E-state index contributed by atoms with van der Waals surface area (Å²) in [6, 6.07) is -4.82. The van der Waals surface area contributed by atoms with Crippen LogP contribution in [-0.2, 0) is 35.2 Å². The highest BCUT2D eigenvalue weighted by molar-refractivity contribution is 5.95. The number of hydrogen-bond acceptors (Lipinski definition) is 8. The number of rotatable bonds is 13. The van der Waals surface area contributed by atoms with Crippen LogP contribution in [0.1, 0.15) is 37.8 Å². The fraction of sp³-hybridized carbons (Fsp3) is 0.550. The summed E-state index contributed by atoms with van der Waals surface area (Å²) < 4.78 is 0. The van der Waals surface area contributed by atoms with Crippen molar-refractivity contribution >= 4 is 35.5 Å². The fourth-order valence-corrected chi connectivity index (χ4v) is 3.73. The van der Waals surface area contributed by atoms with Gasteiger partial charge < -0.3 is 42.8 Å². The highest BCUT2D eigenvalue weighted by Crippen LogP contribution is 2.19. The molecule has 192 valence electrons. The van der Waals surface area contributed by atoms with Gasteiger partial charge in [0.25, 0.3) is 0 Å². The van der Waals surface area contributed by atoms with E-state index in [4.69, 9.17) is 17.2 Å². The Hall–Kier alpha value is -4.01. The number of nitrogens with two attached hydrogens (primary N) is 3. The van der Waals surface area contributed by atoms with Crippen LogP contribution in [0, 0.1) is 0 Å². The molecule has 1 aromatic rings. The van der Waals surface area contributed by atoms with Crippen molar-refractivity contribution in [2.75, 3.05) is 6.54 Å². The van der Waals surface area contributed by atoms with E-state index in [9.17, 15) is 33.9 Å². The van der Waals surface area contributed by atoms with E-state index in [1.54, 1.807) is 0 Å². The van der Waals surface area contributed by atoms with Crippen molar-refractivity contribution in [1.82, 2.24) is 25.5 Å². The lowest BCUT2D eigenvalue weighted by atomic mass is 10.1. The zero-order chi connectivity index (χ0) is 26.1. The van der Waals surface area contributed by atoms with Crippen LogP contribution in [0.4, 0.5) is 0 Å². The minimum atomic E-state index is -1.34. The molecule has 4 unspecified atom stereocenters. The van der Waals surface area contributed by atoms with Gasteiger partial charge in [0, 0.05) is 31.3 Å². The number of carbonyl (C=O) groups is 6. The first-order valence-electron chi connectivity index (χ1n) is 10.9. The summed E-state index contributed by atoms with van der Waals surface area (Å²) in [5.41, 5.74) is 16.5. The number of H-pyrrole nitrogens is 1. The second-order valence-corrected chi connectivity index (χ2v) is 8.21. The molecule has 15 nitrogen and oxygen atoms in total. The molecule has 1 aliphatic heterocycles. The number of nitrogens with zero attached hydrogens (tertiary/aromatic N) is 2. The van der Waals surface area contributed by atoms with E-state index < -0.39 is 59.7 Å². The van der Waals surface area contributed by atoms with Gasteiger partial charge in [-0.3, -0.25) is 24.0 Å². The van der Waals surface area contributed by atoms with E-state index in [1.165, 1.54) is 17.4 Å². The van der Waals surface area contributed by atoms with Gasteiger partial charge in [0.05, 0.1) is 18.8 Å². The molecule has 2 heterocycles. The molecule has 10 N–H and O–H groups in total. The van der Waals surface area contributed by atoms with Crippen molar-refractivity contribution in [2.45, 2.75) is 62.7 Å². The number of carboxylic acids is 1. The standard InChI is InChI=1S/C20H30N8O7/c21-11(7-16(23)30)19(33)28-5-1-2-14(28)18(32)26-12(3-4-15(22)29)17(31)27-13(20(34)35)6-10-8-24-9-25-10/h8-9,11-14H,1-7,21H2,(H2,22,29)(H2,23,30)(H,24,25)(H,26,32)(H,27,31)(H,34,35). The highest BCUT2D eigenvalue weighted by atomic mass is 16.4. The number of aromatic amines is 1. The summed E-state index contributed by atoms with van der Waals surface area (Å²) in [7, 11) is 0. The van der Waals surface area contributed by atoms with Gasteiger partial charge in [-0.25, -0.2) is 9.78 Å². The molecular formula is C20H30N8O7. The maximum atomic E-state index is 13.0. The Morgan fingerprint density at radius 2 is 1.86 bits per heavy atom. The molecule has 0 bridgehead atoms. The van der Waals surface area contributed by atoms with Crippen LogP contribution in [0.5, 0.6) is 0 Å². The summed E-state index contributed by atoms with van der Waals surface area (Å²) in [6.45, 7) is 0.215. The van der Waals surface area contributed by atoms with Crippen molar-refractivity contribution in [3.8, 4) is 0 Å². The van der Waals surface area contributed by atoms with Crippen molar-refractivity contribution in [1.29, 1.82) is 0 Å². The topological polar surface area (TPSA) is 257 Å². The molecule has 1 aliphatic rings. The van der Waals surface area contributed by atoms with Gasteiger partial charge in [-0.15, -0.1) is 0 Å². The third kappa shape index (κ3) is 8.06. The molecule has 0 saturated carbocycles. The van der Waals surface area contributed by atoms with Gasteiger partial charge in [-0.05, 0) is 19.3 Å². The highest BCUT2D eigenvalue weighted by Gasteiger charge is 2.38. The fourth-order valence-electron chi connectivity index (χ4n) is 3.73. The van der Waals surface area contributed by atoms with Gasteiger partial charge in [0.15, 0.2) is 0 Å². The lowest BCUT2D eigenvalue weighted by Crippen LogP contribution is -2.57. The molecule has 1 aromatic heterocycles. The van der Waals surface area contributed by atoms with E-state index in [2.05, 4.69) is 20.6 Å². The third-order valence-electron chi connectivity index (χ3n) is 5.48. The number of imidazole rings is 1. The van der Waals surface area contributed by atoms with Crippen LogP contribution in [0.25, 0.3) is 0 Å². The number of primary amides is 2. The quantitative estimate of drug-likeness (QED) is 0.143. The Morgan fingerprint density at radius 3 is 2.43 bits per heavy atom. The smallest absolute Gasteiger partial charge is 0.326 e. The molecule has 4 atom stereocenters. The van der Waals surface area contributed by atoms with Crippen molar-refractivity contribution < 1.29 is 33.9 Å². The minimum absolute atomic E-state index is 0.0970. The Labute approximate surface area is 200 Å². The third-order valence-corrected chi connectivity index (χ3v) is 5.48. The van der Waals surface area contributed by atoms with Crippen LogP contribution in [0.3, 0.4) is 0 Å². The summed E-state index contributed by atoms with van der Waals surface area (Å²) in [4.78, 5) is 80.2. The molecule has 0 aromatic carbocycles. The lowest BCUT2D eigenvalue weighted by Gasteiger charge is -2.28. The number of aliphatic carboxylic acids is 1. The number of carbonyl (C=O) groups excluding carboxylic acids is 5. The number of amides is 5. The van der Waals surface area contributed by atoms with Crippen molar-refractivity contribution in [3.63, 3.8) is 0 Å². The largest absolute Gasteiger partial charge is 0.480 e. The molecule has 0 radical (unpaired) electrons. The van der Waals surface area contributed by atoms with Crippen molar-refractivity contribution in [2.24, 2.45) is 17.2 Å². The molecule has 1 fully saturated rings.